The minimum atomic E-state index is -0.449. The van der Waals surface area contributed by atoms with Gasteiger partial charge in [0.2, 0.25) is 5.91 Å². The highest BCUT2D eigenvalue weighted by Crippen LogP contribution is 2.44. The first kappa shape index (κ1) is 22.5. The van der Waals surface area contributed by atoms with Crippen molar-refractivity contribution in [3.63, 3.8) is 0 Å². The van der Waals surface area contributed by atoms with Crippen LogP contribution in [0.4, 0.5) is 10.1 Å². The molecule has 8 heteroatoms. The predicted molar refractivity (Wildman–Crippen MR) is 134 cm³/mol. The zero-order valence-electron chi connectivity index (χ0n) is 19.3. The maximum absolute atomic E-state index is 14.0. The SMILES string of the molecule is Cc1cc([C@H]2[C@H](c3ccccn3)NC(=S)N2CCC(=O)Nc2ccccc2F)c(C)n1C1CC1. The summed E-state index contributed by atoms with van der Waals surface area (Å²) in [6, 6.07) is 14.7. The number of aryl methyl sites for hydroxylation is 1. The number of nitrogens with zero attached hydrogens (tertiary/aromatic N) is 3. The number of halogens is 1. The lowest BCUT2D eigenvalue weighted by molar-refractivity contribution is -0.116. The van der Waals surface area contributed by atoms with Gasteiger partial charge in [-0.25, -0.2) is 4.39 Å². The number of para-hydroxylation sites is 1. The van der Waals surface area contributed by atoms with E-state index in [0.29, 0.717) is 17.7 Å². The highest BCUT2D eigenvalue weighted by Gasteiger charge is 2.42. The van der Waals surface area contributed by atoms with Crippen molar-refractivity contribution in [2.75, 3.05) is 11.9 Å². The standard InChI is InChI=1S/C26H28FN5OS/c1-16-15-19(17(2)32(16)18-10-11-18)25-24(22-9-5-6-13-28-22)30-26(34)31(25)14-12-23(33)29-21-8-4-3-7-20(21)27/h3-9,13,15,18,24-25H,10-12,14H2,1-2H3,(H,29,33)(H,30,34)/t24-,25-/m0/s1. The third kappa shape index (κ3) is 4.30. The Bertz CT molecular complexity index is 1220. The lowest BCUT2D eigenvalue weighted by Gasteiger charge is -2.28. The molecule has 0 bridgehead atoms. The number of benzene rings is 1. The maximum atomic E-state index is 14.0. The van der Waals surface area contributed by atoms with Crippen LogP contribution in [0.5, 0.6) is 0 Å². The number of aromatic nitrogens is 2. The van der Waals surface area contributed by atoms with Crippen LogP contribution in [0, 0.1) is 19.7 Å². The van der Waals surface area contributed by atoms with Crippen LogP contribution in [0.1, 0.15) is 60.0 Å². The number of anilines is 1. The van der Waals surface area contributed by atoms with Crippen LogP contribution in [-0.4, -0.2) is 32.0 Å². The smallest absolute Gasteiger partial charge is 0.226 e. The van der Waals surface area contributed by atoms with Gasteiger partial charge in [-0.2, -0.15) is 0 Å². The molecule has 1 aromatic carbocycles. The zero-order valence-corrected chi connectivity index (χ0v) is 20.1. The summed E-state index contributed by atoms with van der Waals surface area (Å²) >= 11 is 5.73. The topological polar surface area (TPSA) is 62.2 Å². The summed E-state index contributed by atoms with van der Waals surface area (Å²) < 4.78 is 16.4. The van der Waals surface area contributed by atoms with Crippen LogP contribution in [0.15, 0.2) is 54.7 Å². The quantitative estimate of drug-likeness (QED) is 0.470. The minimum absolute atomic E-state index is 0.0950. The summed E-state index contributed by atoms with van der Waals surface area (Å²) in [5, 5.41) is 6.71. The number of amides is 1. The number of rotatable bonds is 7. The van der Waals surface area contributed by atoms with Gasteiger partial charge in [0.05, 0.1) is 23.5 Å². The van der Waals surface area contributed by atoms with Crippen molar-refractivity contribution in [1.82, 2.24) is 19.8 Å². The van der Waals surface area contributed by atoms with Crippen LogP contribution in [0.3, 0.4) is 0 Å². The molecule has 3 heterocycles. The highest BCUT2D eigenvalue weighted by atomic mass is 32.1. The molecule has 5 rings (SSSR count). The van der Waals surface area contributed by atoms with E-state index in [4.69, 9.17) is 12.2 Å². The number of nitrogens with one attached hydrogen (secondary N) is 2. The van der Waals surface area contributed by atoms with E-state index in [9.17, 15) is 9.18 Å². The Morgan fingerprint density at radius 1 is 1.21 bits per heavy atom. The van der Waals surface area contributed by atoms with E-state index in [1.807, 2.05) is 18.2 Å². The Morgan fingerprint density at radius 3 is 2.68 bits per heavy atom. The van der Waals surface area contributed by atoms with Crippen molar-refractivity contribution >= 4 is 28.9 Å². The van der Waals surface area contributed by atoms with Crippen molar-refractivity contribution in [2.45, 2.75) is 51.2 Å². The first-order chi connectivity index (χ1) is 16.4. The lowest BCUT2D eigenvalue weighted by Crippen LogP contribution is -2.33. The molecule has 1 saturated carbocycles. The minimum Gasteiger partial charge on any atom is -0.352 e. The lowest BCUT2D eigenvalue weighted by atomic mass is 9.96. The number of hydrogen-bond acceptors (Lipinski definition) is 3. The molecule has 2 fully saturated rings. The van der Waals surface area contributed by atoms with Gasteiger partial charge in [-0.3, -0.25) is 9.78 Å². The van der Waals surface area contributed by atoms with Crippen molar-refractivity contribution in [3.05, 3.63) is 83.2 Å². The Morgan fingerprint density at radius 2 is 1.97 bits per heavy atom. The average molecular weight is 478 g/mol. The van der Waals surface area contributed by atoms with Crippen LogP contribution in [0.2, 0.25) is 0 Å². The van der Waals surface area contributed by atoms with Crippen molar-refractivity contribution in [2.24, 2.45) is 0 Å². The van der Waals surface area contributed by atoms with Gasteiger partial charge < -0.3 is 20.1 Å². The van der Waals surface area contributed by atoms with E-state index >= 15 is 0 Å². The number of thiocarbonyl (C=S) groups is 1. The molecule has 1 aliphatic heterocycles. The second-order valence-corrected chi connectivity index (χ2v) is 9.41. The normalized spacial score (nSPS) is 19.9. The first-order valence-electron chi connectivity index (χ1n) is 11.6. The highest BCUT2D eigenvalue weighted by molar-refractivity contribution is 7.80. The van der Waals surface area contributed by atoms with E-state index in [0.717, 1.165) is 5.69 Å². The van der Waals surface area contributed by atoms with Crippen LogP contribution >= 0.6 is 12.2 Å². The number of carbonyl (C=O) groups excluding carboxylic acids is 1. The van der Waals surface area contributed by atoms with E-state index in [-0.39, 0.29) is 30.1 Å². The van der Waals surface area contributed by atoms with Gasteiger partial charge in [0.15, 0.2) is 5.11 Å². The van der Waals surface area contributed by atoms with Crippen molar-refractivity contribution in [1.29, 1.82) is 0 Å². The average Bonchev–Trinajstić information content (AvgIpc) is 3.54. The number of pyridine rings is 1. The van der Waals surface area contributed by atoms with Crippen molar-refractivity contribution in [3.8, 4) is 0 Å². The summed E-state index contributed by atoms with van der Waals surface area (Å²) in [7, 11) is 0. The molecule has 6 nitrogen and oxygen atoms in total. The number of hydrogen-bond donors (Lipinski definition) is 2. The van der Waals surface area contributed by atoms with E-state index < -0.39 is 5.82 Å². The molecule has 0 spiro atoms. The maximum Gasteiger partial charge on any atom is 0.226 e. The molecule has 2 aliphatic rings. The Balaban J connectivity index is 1.42. The number of carbonyl (C=O) groups is 1. The third-order valence-corrected chi connectivity index (χ3v) is 7.03. The summed E-state index contributed by atoms with van der Waals surface area (Å²) in [5.41, 5.74) is 4.76. The van der Waals surface area contributed by atoms with Crippen LogP contribution in [-0.2, 0) is 4.79 Å². The molecule has 1 amide bonds. The van der Waals surface area contributed by atoms with Gasteiger partial charge in [0, 0.05) is 36.6 Å². The second-order valence-electron chi connectivity index (χ2n) is 9.03. The monoisotopic (exact) mass is 477 g/mol. The fourth-order valence-corrected chi connectivity index (χ4v) is 5.31. The van der Waals surface area contributed by atoms with Crippen LogP contribution in [0.25, 0.3) is 0 Å². The van der Waals surface area contributed by atoms with Gasteiger partial charge in [-0.05, 0) is 74.8 Å². The van der Waals surface area contributed by atoms with E-state index in [1.54, 1.807) is 24.4 Å². The molecule has 3 aromatic rings. The third-order valence-electron chi connectivity index (χ3n) is 6.68. The van der Waals surface area contributed by atoms with Crippen molar-refractivity contribution < 1.29 is 9.18 Å². The molecule has 0 unspecified atom stereocenters. The summed E-state index contributed by atoms with van der Waals surface area (Å²) in [6.07, 6.45) is 4.39. The Labute approximate surface area is 204 Å². The predicted octanol–water partition coefficient (Wildman–Crippen LogP) is 4.98. The van der Waals surface area contributed by atoms with Gasteiger partial charge >= 0.3 is 0 Å². The van der Waals surface area contributed by atoms with Gasteiger partial charge in [0.25, 0.3) is 0 Å². The molecule has 176 valence electrons. The molecule has 2 aromatic heterocycles. The fraction of sp³-hybridized carbons (Fsp3) is 0.346. The largest absolute Gasteiger partial charge is 0.352 e. The first-order valence-corrected chi connectivity index (χ1v) is 12.1. The van der Waals surface area contributed by atoms with Crippen LogP contribution < -0.4 is 10.6 Å². The Kier molecular flexibility index (Phi) is 6.08. The molecule has 34 heavy (non-hydrogen) atoms. The molecule has 0 radical (unpaired) electrons. The summed E-state index contributed by atoms with van der Waals surface area (Å²) in [6.45, 7) is 4.73. The second kappa shape index (κ2) is 9.18. The summed E-state index contributed by atoms with van der Waals surface area (Å²) in [4.78, 5) is 19.3. The van der Waals surface area contributed by atoms with Gasteiger partial charge in [0.1, 0.15) is 5.82 Å². The summed E-state index contributed by atoms with van der Waals surface area (Å²) in [5.74, 6) is -0.703. The van der Waals surface area contributed by atoms with Gasteiger partial charge in [-0.15, -0.1) is 0 Å². The van der Waals surface area contributed by atoms with E-state index in [1.165, 1.54) is 35.9 Å². The molecule has 1 saturated heterocycles. The Hall–Kier alpha value is -3.26. The molecular weight excluding hydrogens is 449 g/mol. The van der Waals surface area contributed by atoms with Gasteiger partial charge in [-0.1, -0.05) is 18.2 Å². The molecule has 2 atom stereocenters. The molecule has 2 N–H and O–H groups in total. The fourth-order valence-electron chi connectivity index (χ4n) is 4.98. The molecule has 1 aliphatic carbocycles. The zero-order chi connectivity index (χ0) is 23.8. The van der Waals surface area contributed by atoms with E-state index in [2.05, 4.69) is 45.0 Å². The molecular formula is C26H28FN5OS.